The molecule has 13 aromatic rings. The molecule has 0 saturated carbocycles. The summed E-state index contributed by atoms with van der Waals surface area (Å²) < 4.78 is 8.94. The first-order chi connectivity index (χ1) is 30.7. The first-order valence-corrected chi connectivity index (χ1v) is 20.9. The van der Waals surface area contributed by atoms with Gasteiger partial charge in [-0.15, -0.1) is 0 Å². The molecule has 0 aliphatic heterocycles. The predicted molar refractivity (Wildman–Crippen MR) is 256 cm³/mol. The van der Waals surface area contributed by atoms with Gasteiger partial charge in [0.25, 0.3) is 0 Å². The van der Waals surface area contributed by atoms with Gasteiger partial charge in [0.2, 0.25) is 0 Å². The summed E-state index contributed by atoms with van der Waals surface area (Å²) in [7, 11) is 0. The largest absolute Gasteiger partial charge is 0.456 e. The third kappa shape index (κ3) is 5.32. The van der Waals surface area contributed by atoms with Gasteiger partial charge in [-0.25, -0.2) is 15.0 Å². The number of hydrogen-bond acceptors (Lipinski definition) is 4. The standard InChI is InChI=1S/C57H34N4O/c1-3-14-35(15-4-1)55-58-56(36-16-5-2-6-17-36)60-57(59-55)46-23-13-25-53-54(46)49-33-38(27-31-52(49)62-53)37-26-30-51-48(32-37)45-22-11-12-24-50(45)61(51)39-28-29-44-42-20-8-7-18-40(42)41-19-9-10-21-43(41)47(44)34-39/h1-34H. The third-order valence-electron chi connectivity index (χ3n) is 12.4. The van der Waals surface area contributed by atoms with Crippen LogP contribution in [0.2, 0.25) is 0 Å². The van der Waals surface area contributed by atoms with Crippen molar-refractivity contribution < 1.29 is 4.42 Å². The Morgan fingerprint density at radius 1 is 0.306 bits per heavy atom. The van der Waals surface area contributed by atoms with E-state index in [0.29, 0.717) is 17.5 Å². The zero-order valence-corrected chi connectivity index (χ0v) is 33.3. The lowest BCUT2D eigenvalue weighted by atomic mass is 9.94. The van der Waals surface area contributed by atoms with Gasteiger partial charge >= 0.3 is 0 Å². The molecular weight excluding hydrogens is 757 g/mol. The highest BCUT2D eigenvalue weighted by Crippen LogP contribution is 2.42. The molecule has 0 unspecified atom stereocenters. The minimum atomic E-state index is 0.598. The average molecular weight is 791 g/mol. The Balaban J connectivity index is 0.975. The number of benzene rings is 10. The van der Waals surface area contributed by atoms with Gasteiger partial charge in [-0.05, 0) is 92.0 Å². The average Bonchev–Trinajstić information content (AvgIpc) is 3.89. The molecule has 62 heavy (non-hydrogen) atoms. The van der Waals surface area contributed by atoms with Crippen molar-refractivity contribution >= 4 is 76.1 Å². The highest BCUT2D eigenvalue weighted by molar-refractivity contribution is 6.25. The molecular formula is C57H34N4O. The number of fused-ring (bicyclic) bond motifs is 12. The highest BCUT2D eigenvalue weighted by Gasteiger charge is 2.20. The van der Waals surface area contributed by atoms with Crippen molar-refractivity contribution in [2.75, 3.05) is 0 Å². The minimum absolute atomic E-state index is 0.598. The van der Waals surface area contributed by atoms with E-state index in [2.05, 4.69) is 138 Å². The van der Waals surface area contributed by atoms with Crippen molar-refractivity contribution in [3.05, 3.63) is 206 Å². The Kier molecular flexibility index (Phi) is 7.54. The fourth-order valence-corrected chi connectivity index (χ4v) is 9.59. The normalized spacial score (nSPS) is 11.9. The van der Waals surface area contributed by atoms with Gasteiger partial charge in [0.15, 0.2) is 17.5 Å². The monoisotopic (exact) mass is 790 g/mol. The molecule has 0 aliphatic carbocycles. The number of para-hydroxylation sites is 1. The van der Waals surface area contributed by atoms with Crippen LogP contribution in [0, 0.1) is 0 Å². The Morgan fingerprint density at radius 2 is 0.839 bits per heavy atom. The molecule has 5 heteroatoms. The van der Waals surface area contributed by atoms with Crippen molar-refractivity contribution in [3.63, 3.8) is 0 Å². The van der Waals surface area contributed by atoms with Crippen LogP contribution in [0.5, 0.6) is 0 Å². The molecule has 0 bridgehead atoms. The maximum atomic E-state index is 6.52. The van der Waals surface area contributed by atoms with Crippen molar-refractivity contribution in [2.45, 2.75) is 0 Å². The van der Waals surface area contributed by atoms with Crippen LogP contribution in [0.4, 0.5) is 0 Å². The van der Waals surface area contributed by atoms with Crippen LogP contribution in [-0.4, -0.2) is 19.5 Å². The van der Waals surface area contributed by atoms with E-state index in [0.717, 1.165) is 61.0 Å². The first kappa shape index (κ1) is 34.5. The molecule has 3 heterocycles. The zero-order valence-electron chi connectivity index (χ0n) is 33.3. The topological polar surface area (TPSA) is 56.7 Å². The maximum Gasteiger partial charge on any atom is 0.164 e. The summed E-state index contributed by atoms with van der Waals surface area (Å²) in [5, 5.41) is 12.0. The molecule has 13 rings (SSSR count). The van der Waals surface area contributed by atoms with E-state index in [-0.39, 0.29) is 0 Å². The first-order valence-electron chi connectivity index (χ1n) is 20.9. The molecule has 288 valence electrons. The van der Waals surface area contributed by atoms with E-state index in [4.69, 9.17) is 19.4 Å². The Bertz CT molecular complexity index is 3830. The van der Waals surface area contributed by atoms with Crippen LogP contribution < -0.4 is 0 Å². The van der Waals surface area contributed by atoms with Crippen LogP contribution in [0.25, 0.3) is 127 Å². The second kappa shape index (κ2) is 13.6. The molecule has 0 saturated heterocycles. The summed E-state index contributed by atoms with van der Waals surface area (Å²) in [5.74, 6) is 1.84. The summed E-state index contributed by atoms with van der Waals surface area (Å²) in [6.45, 7) is 0. The fraction of sp³-hybridized carbons (Fsp3) is 0. The zero-order chi connectivity index (χ0) is 40.7. The summed E-state index contributed by atoms with van der Waals surface area (Å²) >= 11 is 0. The van der Waals surface area contributed by atoms with E-state index in [1.807, 2.05) is 72.8 Å². The van der Waals surface area contributed by atoms with Crippen LogP contribution in [0.15, 0.2) is 211 Å². The Hall–Kier alpha value is -8.41. The third-order valence-corrected chi connectivity index (χ3v) is 12.4. The van der Waals surface area contributed by atoms with E-state index >= 15 is 0 Å². The van der Waals surface area contributed by atoms with Gasteiger partial charge in [-0.2, -0.15) is 0 Å². The SMILES string of the molecule is c1ccc(-c2nc(-c3ccccc3)nc(-c3cccc4oc5ccc(-c6ccc7c(c6)c6ccccc6n7-c6ccc7c8ccccc8c8ccccc8c7c6)cc5c34)n2)cc1. The minimum Gasteiger partial charge on any atom is -0.456 e. The van der Waals surface area contributed by atoms with Crippen LogP contribution >= 0.6 is 0 Å². The Morgan fingerprint density at radius 3 is 1.52 bits per heavy atom. The van der Waals surface area contributed by atoms with Crippen LogP contribution in [0.3, 0.4) is 0 Å². The van der Waals surface area contributed by atoms with Gasteiger partial charge in [-0.1, -0.05) is 158 Å². The molecule has 0 amide bonds. The number of furan rings is 1. The fourth-order valence-electron chi connectivity index (χ4n) is 9.59. The molecule has 5 nitrogen and oxygen atoms in total. The van der Waals surface area contributed by atoms with Gasteiger partial charge in [0.05, 0.1) is 11.0 Å². The van der Waals surface area contributed by atoms with Crippen molar-refractivity contribution in [1.29, 1.82) is 0 Å². The molecule has 0 radical (unpaired) electrons. The summed E-state index contributed by atoms with van der Waals surface area (Å²) in [5.41, 5.74) is 10.1. The molecule has 0 spiro atoms. The second-order valence-electron chi connectivity index (χ2n) is 15.9. The molecule has 3 aromatic heterocycles. The van der Waals surface area contributed by atoms with Gasteiger partial charge in [0, 0.05) is 43.9 Å². The summed E-state index contributed by atoms with van der Waals surface area (Å²) in [6, 6.07) is 72.9. The molecule has 0 atom stereocenters. The summed E-state index contributed by atoms with van der Waals surface area (Å²) in [6.07, 6.45) is 0. The second-order valence-corrected chi connectivity index (χ2v) is 15.9. The molecule has 0 aliphatic rings. The van der Waals surface area contributed by atoms with E-state index in [1.54, 1.807) is 0 Å². The molecule has 10 aromatic carbocycles. The number of aromatic nitrogens is 4. The van der Waals surface area contributed by atoms with Gasteiger partial charge in [0.1, 0.15) is 11.2 Å². The lowest BCUT2D eigenvalue weighted by Gasteiger charge is -2.14. The Labute approximate surface area is 355 Å². The number of rotatable bonds is 5. The van der Waals surface area contributed by atoms with Crippen LogP contribution in [-0.2, 0) is 0 Å². The van der Waals surface area contributed by atoms with Gasteiger partial charge < -0.3 is 8.98 Å². The van der Waals surface area contributed by atoms with E-state index < -0.39 is 0 Å². The maximum absolute atomic E-state index is 6.52. The molecule has 0 fully saturated rings. The van der Waals surface area contributed by atoms with Crippen molar-refractivity contribution in [2.24, 2.45) is 0 Å². The number of nitrogens with zero attached hydrogens (tertiary/aromatic N) is 4. The van der Waals surface area contributed by atoms with E-state index in [9.17, 15) is 0 Å². The summed E-state index contributed by atoms with van der Waals surface area (Å²) in [4.78, 5) is 15.1. The van der Waals surface area contributed by atoms with Crippen LogP contribution in [0.1, 0.15) is 0 Å². The lowest BCUT2D eigenvalue weighted by Crippen LogP contribution is -2.00. The highest BCUT2D eigenvalue weighted by atomic mass is 16.3. The van der Waals surface area contributed by atoms with Crippen molar-refractivity contribution in [3.8, 4) is 51.0 Å². The number of hydrogen-bond donors (Lipinski definition) is 0. The molecule has 0 N–H and O–H groups in total. The van der Waals surface area contributed by atoms with Crippen molar-refractivity contribution in [1.82, 2.24) is 19.5 Å². The smallest absolute Gasteiger partial charge is 0.164 e. The van der Waals surface area contributed by atoms with E-state index in [1.165, 1.54) is 48.6 Å². The lowest BCUT2D eigenvalue weighted by molar-refractivity contribution is 0.669. The quantitative estimate of drug-likeness (QED) is 0.163. The van der Waals surface area contributed by atoms with Gasteiger partial charge in [-0.3, -0.25) is 0 Å². The predicted octanol–water partition coefficient (Wildman–Crippen LogP) is 15.0.